The minimum Gasteiger partial charge on any atom is -0.444 e. The van der Waals surface area contributed by atoms with Crippen molar-refractivity contribution in [3.05, 3.63) is 137 Å². The number of likely N-dealkylation sites (tertiary alicyclic amines) is 1. The number of pyridine rings is 1. The van der Waals surface area contributed by atoms with Crippen molar-refractivity contribution in [1.29, 1.82) is 0 Å². The number of ether oxygens (including phenoxy) is 1. The van der Waals surface area contributed by atoms with E-state index in [2.05, 4.69) is 47.0 Å². The molecule has 3 heterocycles. The number of amides is 3. The van der Waals surface area contributed by atoms with E-state index >= 15 is 0 Å². The Morgan fingerprint density at radius 2 is 1.54 bits per heavy atom. The molecule has 0 radical (unpaired) electrons. The van der Waals surface area contributed by atoms with Gasteiger partial charge in [0.05, 0.1) is 23.6 Å². The van der Waals surface area contributed by atoms with E-state index in [0.29, 0.717) is 61.0 Å². The summed E-state index contributed by atoms with van der Waals surface area (Å²) in [6.45, 7) is 10.9. The molecule has 1 fully saturated rings. The second kappa shape index (κ2) is 17.8. The number of hydrogen-bond donors (Lipinski definition) is 2. The Morgan fingerprint density at radius 1 is 0.929 bits per heavy atom. The van der Waals surface area contributed by atoms with Crippen molar-refractivity contribution in [3.8, 4) is 0 Å². The number of amidine groups is 1. The number of aromatic nitrogens is 1. The van der Waals surface area contributed by atoms with Gasteiger partial charge in [-0.3, -0.25) is 24.4 Å². The number of hydrogen-bond acceptors (Lipinski definition) is 7. The molecule has 292 valence electrons. The number of aliphatic imine (C=N–C) groups is 1. The third kappa shape index (κ3) is 9.34. The smallest absolute Gasteiger partial charge is 0.407 e. The van der Waals surface area contributed by atoms with Crippen molar-refractivity contribution in [3.63, 3.8) is 0 Å². The molecule has 3 amide bonds. The number of carbonyl (C=O) groups is 3. The Hall–Kier alpha value is -5.81. The van der Waals surface area contributed by atoms with Crippen molar-refractivity contribution in [2.24, 2.45) is 4.99 Å². The molecular formula is C45H52N6O5. The van der Waals surface area contributed by atoms with Gasteiger partial charge in [0.2, 0.25) is 0 Å². The molecule has 4 aromatic rings. The lowest BCUT2D eigenvalue weighted by atomic mass is 9.77. The zero-order valence-corrected chi connectivity index (χ0v) is 33.0. The zero-order valence-electron chi connectivity index (χ0n) is 33.0. The normalized spacial score (nSPS) is 16.5. The van der Waals surface area contributed by atoms with E-state index in [-0.39, 0.29) is 24.3 Å². The van der Waals surface area contributed by atoms with Gasteiger partial charge in [-0.2, -0.15) is 0 Å². The molecule has 1 atom stereocenters. The van der Waals surface area contributed by atoms with E-state index in [1.165, 1.54) is 5.06 Å². The van der Waals surface area contributed by atoms with Crippen LogP contribution in [0.25, 0.3) is 6.08 Å². The first kappa shape index (κ1) is 39.9. The van der Waals surface area contributed by atoms with Crippen LogP contribution in [-0.4, -0.2) is 76.6 Å². The summed E-state index contributed by atoms with van der Waals surface area (Å²) in [6.07, 6.45) is 5.12. The van der Waals surface area contributed by atoms with Crippen LogP contribution in [0.2, 0.25) is 0 Å². The first-order valence-electron chi connectivity index (χ1n) is 19.5. The van der Waals surface area contributed by atoms with Crippen LogP contribution in [0.4, 0.5) is 10.5 Å². The molecule has 0 spiro atoms. The largest absolute Gasteiger partial charge is 0.444 e. The maximum atomic E-state index is 14.2. The summed E-state index contributed by atoms with van der Waals surface area (Å²) < 4.78 is 5.47. The van der Waals surface area contributed by atoms with Crippen LogP contribution >= 0.6 is 0 Å². The molecule has 6 rings (SSSR count). The number of piperidine rings is 1. The topological polar surface area (TPSA) is 125 Å². The maximum Gasteiger partial charge on any atom is 0.407 e. The Bertz CT molecular complexity index is 1940. The highest BCUT2D eigenvalue weighted by atomic mass is 16.7. The lowest BCUT2D eigenvalue weighted by Gasteiger charge is -2.34. The Kier molecular flexibility index (Phi) is 12.6. The molecule has 3 aromatic carbocycles. The number of nitrogens with zero attached hydrogens (tertiary/aromatic N) is 4. The van der Waals surface area contributed by atoms with E-state index in [1.807, 2.05) is 89.2 Å². The standard InChI is InChI=1S/C45H52N6O5/c1-6-25-51(55-7-2)42(53)32-27-38-39(28-33(30-46-38)41(52)50-26-17-24-37(31-50)47-43(54)56-44(3,4)5)48-40(29-32)49-45(34-18-11-8-12-19-34,35-20-13-9-14-21-35)36-22-15-10-16-23-36/h8-16,18-23,27-28,30,37H,6-7,17,24-26,29,31H2,1-5H3,(H,47,54)(H,48,49)/t37-/m1/s1. The van der Waals surface area contributed by atoms with Gasteiger partial charge in [0.25, 0.3) is 11.8 Å². The Labute approximate surface area is 329 Å². The van der Waals surface area contributed by atoms with Crippen LogP contribution < -0.4 is 10.6 Å². The number of carbonyl (C=O) groups excluding carboxylic acids is 3. The van der Waals surface area contributed by atoms with Crippen molar-refractivity contribution >= 4 is 35.5 Å². The molecular weight excluding hydrogens is 705 g/mol. The summed E-state index contributed by atoms with van der Waals surface area (Å²) in [6, 6.07) is 31.9. The summed E-state index contributed by atoms with van der Waals surface area (Å²) >= 11 is 0. The second-order valence-electron chi connectivity index (χ2n) is 15.1. The van der Waals surface area contributed by atoms with Crippen LogP contribution in [0.3, 0.4) is 0 Å². The van der Waals surface area contributed by atoms with Gasteiger partial charge in [0, 0.05) is 43.9 Å². The second-order valence-corrected chi connectivity index (χ2v) is 15.1. The number of fused-ring (bicyclic) bond motifs is 1. The fourth-order valence-electron chi connectivity index (χ4n) is 7.22. The minimum absolute atomic E-state index is 0.143. The van der Waals surface area contributed by atoms with Gasteiger partial charge in [0.15, 0.2) is 0 Å². The summed E-state index contributed by atoms with van der Waals surface area (Å²) in [7, 11) is 0. The summed E-state index contributed by atoms with van der Waals surface area (Å²) in [5.41, 5.74) is 3.03. The van der Waals surface area contributed by atoms with Crippen LogP contribution in [0.1, 0.15) is 93.0 Å². The number of benzene rings is 3. The van der Waals surface area contributed by atoms with Crippen LogP contribution in [-0.2, 0) is 19.9 Å². The van der Waals surface area contributed by atoms with E-state index < -0.39 is 17.2 Å². The van der Waals surface area contributed by atoms with Crippen LogP contribution in [0, 0.1) is 0 Å². The molecule has 2 N–H and O–H groups in total. The highest BCUT2D eigenvalue weighted by molar-refractivity contribution is 6.10. The number of rotatable bonds is 11. The lowest BCUT2D eigenvalue weighted by molar-refractivity contribution is -0.180. The maximum absolute atomic E-state index is 14.2. The number of anilines is 1. The third-order valence-corrected chi connectivity index (χ3v) is 9.63. The van der Waals surface area contributed by atoms with Gasteiger partial charge < -0.3 is 20.3 Å². The molecule has 11 nitrogen and oxygen atoms in total. The van der Waals surface area contributed by atoms with Crippen molar-refractivity contribution < 1.29 is 24.0 Å². The Balaban J connectivity index is 1.44. The van der Waals surface area contributed by atoms with Gasteiger partial charge in [-0.15, -0.1) is 0 Å². The summed E-state index contributed by atoms with van der Waals surface area (Å²) in [4.78, 5) is 58.8. The van der Waals surface area contributed by atoms with Crippen molar-refractivity contribution in [1.82, 2.24) is 20.3 Å². The molecule has 1 saturated heterocycles. The molecule has 56 heavy (non-hydrogen) atoms. The average Bonchev–Trinajstić information content (AvgIpc) is 3.38. The fourth-order valence-corrected chi connectivity index (χ4v) is 7.22. The quantitative estimate of drug-likeness (QED) is 0.117. The van der Waals surface area contributed by atoms with Gasteiger partial charge >= 0.3 is 6.09 Å². The molecule has 2 aliphatic rings. The lowest BCUT2D eigenvalue weighted by Crippen LogP contribution is -2.50. The monoisotopic (exact) mass is 756 g/mol. The predicted octanol–water partition coefficient (Wildman–Crippen LogP) is 7.99. The summed E-state index contributed by atoms with van der Waals surface area (Å²) in [5, 5.41) is 7.88. The number of alkyl carbamates (subject to hydrolysis) is 1. The van der Waals surface area contributed by atoms with E-state index in [4.69, 9.17) is 19.6 Å². The molecule has 0 aliphatic carbocycles. The SMILES string of the molecule is CCCN(OCC)C(=O)C1=Cc2ncc(C(=O)N3CCC[C@@H](NC(=O)OC(C)(C)C)C3)cc2NC(=NC(c2ccccc2)(c2ccccc2)c2ccccc2)C1. The van der Waals surface area contributed by atoms with E-state index in [0.717, 1.165) is 29.5 Å². The Morgan fingerprint density at radius 3 is 2.09 bits per heavy atom. The van der Waals surface area contributed by atoms with E-state index in [1.54, 1.807) is 23.2 Å². The van der Waals surface area contributed by atoms with Gasteiger partial charge in [-0.1, -0.05) is 97.9 Å². The zero-order chi connectivity index (χ0) is 39.7. The van der Waals surface area contributed by atoms with Crippen LogP contribution in [0.15, 0.2) is 114 Å². The fraction of sp³-hybridized carbons (Fsp3) is 0.356. The predicted molar refractivity (Wildman–Crippen MR) is 219 cm³/mol. The minimum atomic E-state index is -1.02. The number of nitrogens with one attached hydrogen (secondary N) is 2. The third-order valence-electron chi connectivity index (χ3n) is 9.63. The van der Waals surface area contributed by atoms with Gasteiger partial charge in [-0.25, -0.2) is 9.86 Å². The first-order valence-corrected chi connectivity index (χ1v) is 19.5. The molecule has 0 unspecified atom stereocenters. The summed E-state index contributed by atoms with van der Waals surface area (Å²) in [5.74, 6) is 0.0249. The molecule has 2 aliphatic heterocycles. The molecule has 11 heteroatoms. The first-order chi connectivity index (χ1) is 27.0. The number of hydroxylamine groups is 2. The highest BCUT2D eigenvalue weighted by Crippen LogP contribution is 2.41. The van der Waals surface area contributed by atoms with Crippen LogP contribution in [0.5, 0.6) is 0 Å². The molecule has 1 aromatic heterocycles. The molecule has 0 saturated carbocycles. The van der Waals surface area contributed by atoms with Crippen molar-refractivity contribution in [2.45, 2.75) is 77.5 Å². The van der Waals surface area contributed by atoms with Gasteiger partial charge in [0.1, 0.15) is 17.0 Å². The van der Waals surface area contributed by atoms with E-state index in [9.17, 15) is 14.4 Å². The van der Waals surface area contributed by atoms with Gasteiger partial charge in [-0.05, 0) is 75.8 Å². The van der Waals surface area contributed by atoms with Crippen molar-refractivity contribution in [2.75, 3.05) is 31.6 Å². The average molecular weight is 757 g/mol. The molecule has 0 bridgehead atoms. The highest BCUT2D eigenvalue weighted by Gasteiger charge is 2.38.